The van der Waals surface area contributed by atoms with Crippen molar-refractivity contribution in [1.29, 1.82) is 0 Å². The Morgan fingerprint density at radius 1 is 1.09 bits per heavy atom. The molecule has 0 unspecified atom stereocenters. The van der Waals surface area contributed by atoms with Gasteiger partial charge in [-0.2, -0.15) is 0 Å². The lowest BCUT2D eigenvalue weighted by molar-refractivity contribution is -0.120. The quantitative estimate of drug-likeness (QED) is 0.622. The molecule has 0 aromatic heterocycles. The minimum Gasteiger partial charge on any atom is -0.355 e. The molecule has 1 fully saturated rings. The summed E-state index contributed by atoms with van der Waals surface area (Å²) in [6.45, 7) is 3.65. The number of nitrogens with one attached hydrogen (secondary N) is 2. The first-order chi connectivity index (χ1) is 10.3. The average Bonchev–Trinajstić information content (AvgIpc) is 2.75. The van der Waals surface area contributed by atoms with Crippen LogP contribution in [0.1, 0.15) is 49.7 Å². The SMILES string of the molecule is Cc1ccccc1CC(=O)NCCNC1CCCCCC1.Cl. The number of amides is 1. The molecule has 1 aliphatic rings. The Hall–Kier alpha value is -1.06. The zero-order chi connectivity index (χ0) is 14.9. The van der Waals surface area contributed by atoms with Crippen LogP contribution in [-0.4, -0.2) is 25.0 Å². The number of carbonyl (C=O) groups excluding carboxylic acids is 1. The van der Waals surface area contributed by atoms with E-state index >= 15 is 0 Å². The fourth-order valence-electron chi connectivity index (χ4n) is 3.01. The molecule has 0 atom stereocenters. The third kappa shape index (κ3) is 6.80. The Morgan fingerprint density at radius 3 is 2.45 bits per heavy atom. The second-order valence-electron chi connectivity index (χ2n) is 6.10. The van der Waals surface area contributed by atoms with E-state index in [-0.39, 0.29) is 18.3 Å². The number of hydrogen-bond acceptors (Lipinski definition) is 2. The van der Waals surface area contributed by atoms with E-state index in [0.29, 0.717) is 12.5 Å². The highest BCUT2D eigenvalue weighted by atomic mass is 35.5. The van der Waals surface area contributed by atoms with Crippen LogP contribution >= 0.6 is 12.4 Å². The standard InChI is InChI=1S/C18H28N2O.ClH/c1-15-8-6-7-9-16(15)14-18(21)20-13-12-19-17-10-4-2-3-5-11-17;/h6-9,17,19H,2-5,10-14H2,1H3,(H,20,21);1H. The van der Waals surface area contributed by atoms with Crippen molar-refractivity contribution in [2.24, 2.45) is 0 Å². The monoisotopic (exact) mass is 324 g/mol. The molecule has 0 spiro atoms. The van der Waals surface area contributed by atoms with E-state index in [9.17, 15) is 4.79 Å². The van der Waals surface area contributed by atoms with Crippen molar-refractivity contribution in [3.63, 3.8) is 0 Å². The van der Waals surface area contributed by atoms with Crippen molar-refractivity contribution < 1.29 is 4.79 Å². The fraction of sp³-hybridized carbons (Fsp3) is 0.611. The Bertz CT molecular complexity index is 442. The second kappa shape index (κ2) is 10.6. The maximum Gasteiger partial charge on any atom is 0.224 e. The number of aryl methyl sites for hydroxylation is 1. The molecule has 0 aliphatic heterocycles. The van der Waals surface area contributed by atoms with Crippen molar-refractivity contribution in [2.75, 3.05) is 13.1 Å². The van der Waals surface area contributed by atoms with Crippen LogP contribution in [0.25, 0.3) is 0 Å². The molecule has 3 nitrogen and oxygen atoms in total. The lowest BCUT2D eigenvalue weighted by Crippen LogP contribution is -2.37. The second-order valence-corrected chi connectivity index (χ2v) is 6.10. The molecule has 1 aromatic rings. The summed E-state index contributed by atoms with van der Waals surface area (Å²) in [5.41, 5.74) is 2.30. The van der Waals surface area contributed by atoms with E-state index in [2.05, 4.69) is 23.6 Å². The molecule has 0 bridgehead atoms. The molecule has 1 amide bonds. The van der Waals surface area contributed by atoms with Gasteiger partial charge in [0.2, 0.25) is 5.91 Å². The highest BCUT2D eigenvalue weighted by Crippen LogP contribution is 2.16. The first kappa shape index (κ1) is 19.0. The first-order valence-electron chi connectivity index (χ1n) is 8.30. The summed E-state index contributed by atoms with van der Waals surface area (Å²) in [5, 5.41) is 6.59. The minimum absolute atomic E-state index is 0. The summed E-state index contributed by atoms with van der Waals surface area (Å²) in [4.78, 5) is 11.9. The van der Waals surface area contributed by atoms with Crippen molar-refractivity contribution in [3.05, 3.63) is 35.4 Å². The molecule has 1 aliphatic carbocycles. The Morgan fingerprint density at radius 2 is 1.77 bits per heavy atom. The predicted octanol–water partition coefficient (Wildman–Crippen LogP) is 3.39. The van der Waals surface area contributed by atoms with Crippen molar-refractivity contribution in [3.8, 4) is 0 Å². The maximum atomic E-state index is 11.9. The van der Waals surface area contributed by atoms with Gasteiger partial charge in [-0.3, -0.25) is 4.79 Å². The topological polar surface area (TPSA) is 41.1 Å². The van der Waals surface area contributed by atoms with Gasteiger partial charge in [0.05, 0.1) is 6.42 Å². The molecule has 22 heavy (non-hydrogen) atoms. The zero-order valence-corrected chi connectivity index (χ0v) is 14.4. The van der Waals surface area contributed by atoms with Crippen LogP contribution in [0.3, 0.4) is 0 Å². The number of halogens is 1. The molecule has 1 saturated carbocycles. The average molecular weight is 325 g/mol. The molecule has 124 valence electrons. The normalized spacial score (nSPS) is 15.7. The summed E-state index contributed by atoms with van der Waals surface area (Å²) in [7, 11) is 0. The van der Waals surface area contributed by atoms with Gasteiger partial charge in [0.15, 0.2) is 0 Å². The molecular formula is C18H29ClN2O. The van der Waals surface area contributed by atoms with Crippen molar-refractivity contribution in [2.45, 2.75) is 57.9 Å². The summed E-state index contributed by atoms with van der Waals surface area (Å²) in [6, 6.07) is 8.73. The van der Waals surface area contributed by atoms with E-state index in [1.165, 1.54) is 44.1 Å². The molecule has 0 saturated heterocycles. The maximum absolute atomic E-state index is 11.9. The Labute approximate surface area is 140 Å². The first-order valence-corrected chi connectivity index (χ1v) is 8.30. The minimum atomic E-state index is 0. The fourth-order valence-corrected chi connectivity index (χ4v) is 3.01. The van der Waals surface area contributed by atoms with Crippen molar-refractivity contribution >= 4 is 18.3 Å². The molecule has 1 aromatic carbocycles. The van der Waals surface area contributed by atoms with Crippen LogP contribution in [0.2, 0.25) is 0 Å². The van der Waals surface area contributed by atoms with Crippen LogP contribution in [0.15, 0.2) is 24.3 Å². The smallest absolute Gasteiger partial charge is 0.224 e. The zero-order valence-electron chi connectivity index (χ0n) is 13.6. The molecule has 2 N–H and O–H groups in total. The van der Waals surface area contributed by atoms with Gasteiger partial charge in [0, 0.05) is 19.1 Å². The van der Waals surface area contributed by atoms with Crippen molar-refractivity contribution in [1.82, 2.24) is 10.6 Å². The van der Waals surface area contributed by atoms with E-state index in [0.717, 1.165) is 18.7 Å². The number of hydrogen-bond donors (Lipinski definition) is 2. The van der Waals surface area contributed by atoms with Crippen LogP contribution < -0.4 is 10.6 Å². The number of rotatable bonds is 6. The molecule has 0 heterocycles. The lowest BCUT2D eigenvalue weighted by Gasteiger charge is -2.16. The molecule has 2 rings (SSSR count). The third-order valence-corrected chi connectivity index (χ3v) is 4.35. The van der Waals surface area contributed by atoms with E-state index in [1.807, 2.05) is 18.2 Å². The van der Waals surface area contributed by atoms with E-state index in [4.69, 9.17) is 0 Å². The molecular weight excluding hydrogens is 296 g/mol. The molecule has 0 radical (unpaired) electrons. The van der Waals surface area contributed by atoms with Gasteiger partial charge in [0.25, 0.3) is 0 Å². The van der Waals surface area contributed by atoms with Gasteiger partial charge < -0.3 is 10.6 Å². The van der Waals surface area contributed by atoms with Gasteiger partial charge >= 0.3 is 0 Å². The van der Waals surface area contributed by atoms with Gasteiger partial charge in [-0.1, -0.05) is 49.9 Å². The van der Waals surface area contributed by atoms with Gasteiger partial charge in [0.1, 0.15) is 0 Å². The summed E-state index contributed by atoms with van der Waals surface area (Å²) in [6.07, 6.45) is 8.51. The highest BCUT2D eigenvalue weighted by molar-refractivity contribution is 5.85. The van der Waals surface area contributed by atoms with Gasteiger partial charge in [-0.05, 0) is 30.9 Å². The molecule has 4 heteroatoms. The Balaban J connectivity index is 0.00000242. The number of carbonyl (C=O) groups is 1. The van der Waals surface area contributed by atoms with Crippen LogP contribution in [0.4, 0.5) is 0 Å². The third-order valence-electron chi connectivity index (χ3n) is 4.35. The van der Waals surface area contributed by atoms with Gasteiger partial charge in [-0.15, -0.1) is 12.4 Å². The number of benzene rings is 1. The lowest BCUT2D eigenvalue weighted by atomic mass is 10.1. The highest BCUT2D eigenvalue weighted by Gasteiger charge is 2.11. The van der Waals surface area contributed by atoms with Gasteiger partial charge in [-0.25, -0.2) is 0 Å². The van der Waals surface area contributed by atoms with E-state index < -0.39 is 0 Å². The van der Waals surface area contributed by atoms with E-state index in [1.54, 1.807) is 0 Å². The predicted molar refractivity (Wildman–Crippen MR) is 94.6 cm³/mol. The largest absolute Gasteiger partial charge is 0.355 e. The van der Waals surface area contributed by atoms with Crippen LogP contribution in [-0.2, 0) is 11.2 Å². The summed E-state index contributed by atoms with van der Waals surface area (Å²) >= 11 is 0. The van der Waals surface area contributed by atoms with Crippen LogP contribution in [0.5, 0.6) is 0 Å². The van der Waals surface area contributed by atoms with Crippen LogP contribution in [0, 0.1) is 6.92 Å². The summed E-state index contributed by atoms with van der Waals surface area (Å²) in [5.74, 6) is 0.118. The Kier molecular flexibility index (Phi) is 9.17. The summed E-state index contributed by atoms with van der Waals surface area (Å²) < 4.78 is 0.